The molecule has 0 aliphatic heterocycles. The van der Waals surface area contributed by atoms with Gasteiger partial charge in [-0.05, 0) is 56.2 Å². The number of ether oxygens (including phenoxy) is 1. The van der Waals surface area contributed by atoms with Crippen molar-refractivity contribution in [2.45, 2.75) is 13.3 Å². The van der Waals surface area contributed by atoms with Crippen LogP contribution in [-0.2, 0) is 9.36 Å². The Morgan fingerprint density at radius 1 is 1.15 bits per heavy atom. The van der Waals surface area contributed by atoms with Crippen molar-refractivity contribution >= 4 is 58.8 Å². The molecule has 0 bridgehead atoms. The third-order valence-electron chi connectivity index (χ3n) is 4.70. The van der Waals surface area contributed by atoms with Crippen LogP contribution < -0.4 is 26.0 Å². The summed E-state index contributed by atoms with van der Waals surface area (Å²) >= 11 is 6.34. The Labute approximate surface area is 204 Å². The summed E-state index contributed by atoms with van der Waals surface area (Å²) in [6, 6.07) is 12.5. The number of carbonyl (C=O) groups is 1. The summed E-state index contributed by atoms with van der Waals surface area (Å²) in [6.07, 6.45) is 5.50. The van der Waals surface area contributed by atoms with Gasteiger partial charge in [0.15, 0.2) is 5.82 Å². The molecule has 1 amide bonds. The SMILES string of the molecule is CCC=CC(=O)Nc1ccc(OC)c(Nc2ncc(Cl)c(Nc3ccccc3P(C)(C)=O)n2)c1. The van der Waals surface area contributed by atoms with Gasteiger partial charge in [0.25, 0.3) is 0 Å². The number of hydrogen-bond donors (Lipinski definition) is 3. The van der Waals surface area contributed by atoms with Crippen LogP contribution in [0.3, 0.4) is 0 Å². The van der Waals surface area contributed by atoms with Gasteiger partial charge in [0.1, 0.15) is 17.9 Å². The van der Waals surface area contributed by atoms with E-state index in [9.17, 15) is 9.36 Å². The number of methoxy groups -OCH3 is 1. The van der Waals surface area contributed by atoms with Crippen LogP contribution in [0, 0.1) is 0 Å². The van der Waals surface area contributed by atoms with Gasteiger partial charge in [0, 0.05) is 11.0 Å². The van der Waals surface area contributed by atoms with Crippen LogP contribution >= 0.6 is 18.7 Å². The number of halogens is 1. The van der Waals surface area contributed by atoms with Crippen molar-refractivity contribution in [2.75, 3.05) is 36.4 Å². The fraction of sp³-hybridized carbons (Fsp3) is 0.208. The first-order valence-electron chi connectivity index (χ1n) is 10.6. The van der Waals surface area contributed by atoms with Gasteiger partial charge in [0.05, 0.1) is 24.7 Å². The lowest BCUT2D eigenvalue weighted by Crippen LogP contribution is -2.11. The minimum absolute atomic E-state index is 0.227. The summed E-state index contributed by atoms with van der Waals surface area (Å²) in [4.78, 5) is 20.8. The van der Waals surface area contributed by atoms with Gasteiger partial charge in [-0.15, -0.1) is 0 Å². The fourth-order valence-corrected chi connectivity index (χ4v) is 4.40. The molecule has 0 radical (unpaired) electrons. The number of amides is 1. The number of aromatic nitrogens is 2. The molecule has 3 rings (SSSR count). The van der Waals surface area contributed by atoms with Crippen molar-refractivity contribution in [1.29, 1.82) is 0 Å². The molecule has 0 spiro atoms. The maximum Gasteiger partial charge on any atom is 0.248 e. The standard InChI is InChI=1S/C24H27ClN5O3P/c1-5-6-11-22(31)27-16-12-13-20(33-2)19(14-16)29-24-26-15-17(25)23(30-24)28-18-9-7-8-10-21(18)34(3,4)32/h6-15H,5H2,1-4H3,(H,27,31)(H2,26,28,29,30). The van der Waals surface area contributed by atoms with Gasteiger partial charge in [-0.25, -0.2) is 4.98 Å². The van der Waals surface area contributed by atoms with E-state index >= 15 is 0 Å². The molecule has 0 unspecified atom stereocenters. The van der Waals surface area contributed by atoms with E-state index in [0.29, 0.717) is 39.0 Å². The quantitative estimate of drug-likeness (QED) is 0.253. The monoisotopic (exact) mass is 499 g/mol. The van der Waals surface area contributed by atoms with E-state index in [-0.39, 0.29) is 11.9 Å². The Kier molecular flexibility index (Phi) is 8.31. The zero-order valence-electron chi connectivity index (χ0n) is 19.4. The molecule has 0 aliphatic rings. The van der Waals surface area contributed by atoms with E-state index in [4.69, 9.17) is 16.3 Å². The van der Waals surface area contributed by atoms with Crippen LogP contribution in [-0.4, -0.2) is 36.3 Å². The molecule has 0 saturated carbocycles. The highest BCUT2D eigenvalue weighted by molar-refractivity contribution is 7.70. The maximum absolute atomic E-state index is 12.7. The minimum Gasteiger partial charge on any atom is -0.495 e. The summed E-state index contributed by atoms with van der Waals surface area (Å²) < 4.78 is 18.1. The molecule has 3 N–H and O–H groups in total. The van der Waals surface area contributed by atoms with Gasteiger partial charge in [-0.3, -0.25) is 4.79 Å². The summed E-state index contributed by atoms with van der Waals surface area (Å²) in [7, 11) is -0.985. The fourth-order valence-electron chi connectivity index (χ4n) is 3.10. The van der Waals surface area contributed by atoms with Crippen molar-refractivity contribution in [2.24, 2.45) is 0 Å². The molecule has 178 valence electrons. The topological polar surface area (TPSA) is 105 Å². The second kappa shape index (κ2) is 11.2. The Balaban J connectivity index is 1.88. The predicted molar refractivity (Wildman–Crippen MR) is 140 cm³/mol. The van der Waals surface area contributed by atoms with Crippen LogP contribution in [0.2, 0.25) is 5.02 Å². The maximum atomic E-state index is 12.7. The number of benzene rings is 2. The van der Waals surface area contributed by atoms with Crippen LogP contribution in [0.5, 0.6) is 5.75 Å². The van der Waals surface area contributed by atoms with Crippen LogP contribution in [0.4, 0.5) is 28.8 Å². The van der Waals surface area contributed by atoms with E-state index in [1.807, 2.05) is 31.2 Å². The second-order valence-corrected chi connectivity index (χ2v) is 11.3. The molecule has 8 nitrogen and oxygen atoms in total. The number of rotatable bonds is 9. The third kappa shape index (κ3) is 6.59. The average molecular weight is 500 g/mol. The number of para-hydroxylation sites is 1. The number of nitrogens with one attached hydrogen (secondary N) is 3. The zero-order valence-corrected chi connectivity index (χ0v) is 21.1. The highest BCUT2D eigenvalue weighted by Gasteiger charge is 2.17. The summed E-state index contributed by atoms with van der Waals surface area (Å²) in [5.74, 6) is 0.926. The lowest BCUT2D eigenvalue weighted by atomic mass is 10.2. The van der Waals surface area contributed by atoms with Gasteiger partial charge in [-0.2, -0.15) is 4.98 Å². The van der Waals surface area contributed by atoms with E-state index in [1.165, 1.54) is 12.3 Å². The Morgan fingerprint density at radius 2 is 1.91 bits per heavy atom. The number of allylic oxidation sites excluding steroid dienone is 1. The summed E-state index contributed by atoms with van der Waals surface area (Å²) in [5, 5.41) is 10.1. The largest absolute Gasteiger partial charge is 0.495 e. The van der Waals surface area contributed by atoms with E-state index in [1.54, 1.807) is 44.7 Å². The lowest BCUT2D eigenvalue weighted by Gasteiger charge is -2.16. The first-order valence-corrected chi connectivity index (χ1v) is 13.6. The second-order valence-electron chi connectivity index (χ2n) is 7.72. The van der Waals surface area contributed by atoms with Crippen LogP contribution in [0.15, 0.2) is 60.8 Å². The number of anilines is 5. The molecule has 3 aromatic rings. The van der Waals surface area contributed by atoms with Crippen molar-refractivity contribution < 1.29 is 14.1 Å². The molecule has 0 fully saturated rings. The Morgan fingerprint density at radius 3 is 2.62 bits per heavy atom. The molecule has 34 heavy (non-hydrogen) atoms. The van der Waals surface area contributed by atoms with E-state index < -0.39 is 7.14 Å². The number of nitrogens with zero attached hydrogens (tertiary/aromatic N) is 2. The molecule has 10 heteroatoms. The highest BCUT2D eigenvalue weighted by atomic mass is 35.5. The van der Waals surface area contributed by atoms with Gasteiger partial charge in [-0.1, -0.05) is 36.7 Å². The molecule has 0 saturated heterocycles. The van der Waals surface area contributed by atoms with Gasteiger partial charge >= 0.3 is 0 Å². The third-order valence-corrected chi connectivity index (χ3v) is 6.53. The normalized spacial score (nSPS) is 11.3. The predicted octanol–water partition coefficient (Wildman–Crippen LogP) is 5.78. The molecular formula is C24H27ClN5O3P. The lowest BCUT2D eigenvalue weighted by molar-refractivity contribution is -0.111. The Hall–Kier alpha value is -3.35. The van der Waals surface area contributed by atoms with Crippen LogP contribution in [0.25, 0.3) is 0 Å². The molecule has 0 aliphatic carbocycles. The van der Waals surface area contributed by atoms with Gasteiger partial charge < -0.3 is 25.3 Å². The molecule has 2 aromatic carbocycles. The van der Waals surface area contributed by atoms with E-state index in [2.05, 4.69) is 25.9 Å². The summed E-state index contributed by atoms with van der Waals surface area (Å²) in [5.41, 5.74) is 1.79. The molecular weight excluding hydrogens is 473 g/mol. The zero-order chi connectivity index (χ0) is 24.7. The summed E-state index contributed by atoms with van der Waals surface area (Å²) in [6.45, 7) is 5.37. The molecule has 0 atom stereocenters. The van der Waals surface area contributed by atoms with Crippen molar-refractivity contribution in [3.05, 3.63) is 65.8 Å². The van der Waals surface area contributed by atoms with Crippen molar-refractivity contribution in [3.8, 4) is 5.75 Å². The van der Waals surface area contributed by atoms with Crippen molar-refractivity contribution in [3.63, 3.8) is 0 Å². The minimum atomic E-state index is -2.53. The van der Waals surface area contributed by atoms with Crippen LogP contribution in [0.1, 0.15) is 13.3 Å². The highest BCUT2D eigenvalue weighted by Crippen LogP contribution is 2.39. The van der Waals surface area contributed by atoms with Crippen molar-refractivity contribution in [1.82, 2.24) is 9.97 Å². The number of hydrogen-bond acceptors (Lipinski definition) is 7. The van der Waals surface area contributed by atoms with Gasteiger partial charge in [0.2, 0.25) is 11.9 Å². The Bertz CT molecular complexity index is 1260. The first kappa shape index (κ1) is 25.3. The smallest absolute Gasteiger partial charge is 0.248 e. The average Bonchev–Trinajstić information content (AvgIpc) is 2.80. The molecule has 1 heterocycles. The van der Waals surface area contributed by atoms with E-state index in [0.717, 1.165) is 6.42 Å². The number of carbonyl (C=O) groups excluding carboxylic acids is 1. The first-order chi connectivity index (χ1) is 16.2. The molecule has 1 aromatic heterocycles.